The maximum atomic E-state index is 13.5. The molecule has 2 aliphatic carbocycles. The predicted octanol–water partition coefficient (Wildman–Crippen LogP) is 7.83. The Hall–Kier alpha value is -2.82. The minimum atomic E-state index is -4.50. The van der Waals surface area contributed by atoms with Crippen molar-refractivity contribution in [2.45, 2.75) is 56.4 Å². The summed E-state index contributed by atoms with van der Waals surface area (Å²) in [6.45, 7) is -2.35. The van der Waals surface area contributed by atoms with E-state index in [2.05, 4.69) is 0 Å². The molecule has 0 saturated heterocycles. The second kappa shape index (κ2) is 11.3. The molecule has 2 atom stereocenters. The third-order valence-corrected chi connectivity index (χ3v) is 7.65. The van der Waals surface area contributed by atoms with Crippen LogP contribution in [0.4, 0.5) is 37.7 Å². The molecule has 2 saturated carbocycles. The summed E-state index contributed by atoms with van der Waals surface area (Å²) in [6.07, 6.45) is -7.23. The Morgan fingerprint density at radius 3 is 2.05 bits per heavy atom. The van der Waals surface area contributed by atoms with E-state index < -0.39 is 25.4 Å². The quantitative estimate of drug-likeness (QED) is 0.265. The van der Waals surface area contributed by atoms with E-state index in [9.17, 15) is 31.6 Å². The molecule has 208 valence electrons. The minimum Gasteiger partial charge on any atom is -0.362 e. The number of hydrogen-bond acceptors (Lipinski definition) is 4. The van der Waals surface area contributed by atoms with Crippen molar-refractivity contribution in [2.75, 3.05) is 29.4 Å². The molecule has 0 radical (unpaired) electrons. The van der Waals surface area contributed by atoms with Crippen LogP contribution in [0.2, 0.25) is 10.0 Å². The Morgan fingerprint density at radius 1 is 0.846 bits per heavy atom. The van der Waals surface area contributed by atoms with Crippen molar-refractivity contribution in [1.82, 2.24) is 0 Å². The van der Waals surface area contributed by atoms with Crippen molar-refractivity contribution >= 4 is 34.6 Å². The second-order valence-electron chi connectivity index (χ2n) is 10.0. The van der Waals surface area contributed by atoms with Gasteiger partial charge in [0.15, 0.2) is 0 Å². The highest BCUT2D eigenvalue weighted by molar-refractivity contribution is 6.32. The number of anilines is 2. The van der Waals surface area contributed by atoms with Crippen LogP contribution >= 0.6 is 23.2 Å². The Balaban J connectivity index is 1.62. The van der Waals surface area contributed by atoms with Crippen LogP contribution in [0.25, 0.3) is 0 Å². The average Bonchev–Trinajstić information content (AvgIpc) is 3.74. The highest BCUT2D eigenvalue weighted by atomic mass is 35.5. The van der Waals surface area contributed by atoms with Crippen LogP contribution in [0.1, 0.15) is 41.9 Å². The molecule has 39 heavy (non-hydrogen) atoms. The lowest BCUT2D eigenvalue weighted by atomic mass is 9.98. The van der Waals surface area contributed by atoms with E-state index in [1.54, 1.807) is 6.07 Å². The van der Waals surface area contributed by atoms with E-state index in [1.165, 1.54) is 34.1 Å². The monoisotopic (exact) mass is 588 g/mol. The highest BCUT2D eigenvalue weighted by Crippen LogP contribution is 2.52. The van der Waals surface area contributed by atoms with Crippen molar-refractivity contribution in [2.24, 2.45) is 5.92 Å². The van der Waals surface area contributed by atoms with Crippen molar-refractivity contribution in [3.63, 3.8) is 0 Å². The van der Waals surface area contributed by atoms with E-state index in [0.29, 0.717) is 41.6 Å². The summed E-state index contributed by atoms with van der Waals surface area (Å²) in [7, 11) is 0. The van der Waals surface area contributed by atoms with Crippen molar-refractivity contribution in [1.29, 1.82) is 10.5 Å². The van der Waals surface area contributed by atoms with Gasteiger partial charge in [0.2, 0.25) is 0 Å². The molecule has 0 amide bonds. The Bertz CT molecular complexity index is 1290. The van der Waals surface area contributed by atoms with Crippen LogP contribution in [-0.2, 0) is 12.8 Å². The van der Waals surface area contributed by atoms with E-state index in [1.807, 2.05) is 12.1 Å². The highest BCUT2D eigenvalue weighted by Gasteiger charge is 2.44. The molecule has 0 bridgehead atoms. The van der Waals surface area contributed by atoms with Crippen LogP contribution in [0.3, 0.4) is 0 Å². The maximum absolute atomic E-state index is 13.5. The first-order valence-electron chi connectivity index (χ1n) is 12.3. The number of halogens is 8. The lowest BCUT2D eigenvalue weighted by molar-refractivity contribution is -0.120. The molecule has 2 aromatic carbocycles. The molecule has 0 aromatic heterocycles. The molecule has 0 spiro atoms. The van der Waals surface area contributed by atoms with Gasteiger partial charge in [0.1, 0.15) is 13.1 Å². The molecule has 12 heteroatoms. The van der Waals surface area contributed by atoms with Gasteiger partial charge in [-0.15, -0.1) is 0 Å². The van der Waals surface area contributed by atoms with Crippen LogP contribution < -0.4 is 9.80 Å². The SMILES string of the molecule is N#CCc1ccc(N(CC2CC2c2cc(N(CC(F)(F)F)C3CC3)cc(Cl)c2CC#N)CC(F)(F)F)cc1Cl. The number of hydrogen-bond donors (Lipinski definition) is 0. The lowest BCUT2D eigenvalue weighted by Gasteiger charge is -2.28. The van der Waals surface area contributed by atoms with Gasteiger partial charge in [0.05, 0.1) is 25.0 Å². The first kappa shape index (κ1) is 29.2. The van der Waals surface area contributed by atoms with Crippen molar-refractivity contribution in [3.05, 3.63) is 57.1 Å². The third kappa shape index (κ3) is 7.64. The summed E-state index contributed by atoms with van der Waals surface area (Å²) in [6, 6.07) is 11.2. The Morgan fingerprint density at radius 2 is 1.49 bits per heavy atom. The molecule has 2 fully saturated rings. The van der Waals surface area contributed by atoms with Gasteiger partial charge in [-0.25, -0.2) is 0 Å². The predicted molar refractivity (Wildman–Crippen MR) is 137 cm³/mol. The molecular weight excluding hydrogens is 565 g/mol. The molecular formula is C27H24Cl2F6N4. The summed E-state index contributed by atoms with van der Waals surface area (Å²) in [4.78, 5) is 2.44. The molecule has 2 unspecified atom stereocenters. The number of nitriles is 2. The molecule has 0 heterocycles. The smallest absolute Gasteiger partial charge is 0.362 e. The van der Waals surface area contributed by atoms with Gasteiger partial charge < -0.3 is 9.80 Å². The van der Waals surface area contributed by atoms with Gasteiger partial charge in [-0.1, -0.05) is 29.3 Å². The first-order chi connectivity index (χ1) is 18.3. The Kier molecular flexibility index (Phi) is 8.49. The zero-order valence-corrected chi connectivity index (χ0v) is 22.1. The standard InChI is InChI=1S/C27H24Cl2F6N4/c28-24-11-19(2-1-16(24)5-7-36)38(14-26(30,31)32)13-17-9-22(17)23-10-20(12-25(29)21(23)6-8-37)39(18-3-4-18)15-27(33,34)35/h1-2,10-12,17-18,22H,3-6,9,13-15H2. The average molecular weight is 589 g/mol. The van der Waals surface area contributed by atoms with E-state index >= 15 is 0 Å². The largest absolute Gasteiger partial charge is 0.405 e. The second-order valence-corrected chi connectivity index (χ2v) is 10.8. The van der Waals surface area contributed by atoms with E-state index in [0.717, 1.165) is 0 Å². The number of nitrogens with zero attached hydrogens (tertiary/aromatic N) is 4. The van der Waals surface area contributed by atoms with E-state index in [-0.39, 0.29) is 53.0 Å². The summed E-state index contributed by atoms with van der Waals surface area (Å²) in [5, 5.41) is 18.6. The minimum absolute atomic E-state index is 0.0147. The fourth-order valence-electron chi connectivity index (χ4n) is 4.97. The zero-order valence-electron chi connectivity index (χ0n) is 20.6. The van der Waals surface area contributed by atoms with Gasteiger partial charge in [-0.2, -0.15) is 36.9 Å². The molecule has 2 aromatic rings. The molecule has 4 nitrogen and oxygen atoms in total. The van der Waals surface area contributed by atoms with Crippen LogP contribution in [0.5, 0.6) is 0 Å². The summed E-state index contributed by atoms with van der Waals surface area (Å²) in [5.41, 5.74) is 2.15. The van der Waals surface area contributed by atoms with E-state index in [4.69, 9.17) is 28.5 Å². The lowest BCUT2D eigenvalue weighted by Crippen LogP contribution is -2.36. The fourth-order valence-corrected chi connectivity index (χ4v) is 5.50. The molecule has 4 rings (SSSR count). The maximum Gasteiger partial charge on any atom is 0.405 e. The van der Waals surface area contributed by atoms with Gasteiger partial charge in [-0.3, -0.25) is 0 Å². The molecule has 0 N–H and O–H groups in total. The number of alkyl halides is 6. The summed E-state index contributed by atoms with van der Waals surface area (Å²) < 4.78 is 80.4. The van der Waals surface area contributed by atoms with Crippen LogP contribution in [0, 0.1) is 28.6 Å². The van der Waals surface area contributed by atoms with Gasteiger partial charge >= 0.3 is 12.4 Å². The Labute approximate surface area is 232 Å². The molecule has 2 aliphatic rings. The van der Waals surface area contributed by atoms with Crippen LogP contribution in [0.15, 0.2) is 30.3 Å². The van der Waals surface area contributed by atoms with Crippen molar-refractivity contribution in [3.8, 4) is 12.1 Å². The normalized spacial score (nSPS) is 18.8. The first-order valence-corrected chi connectivity index (χ1v) is 13.0. The van der Waals surface area contributed by atoms with Gasteiger partial charge in [-0.05, 0) is 72.1 Å². The molecule has 0 aliphatic heterocycles. The van der Waals surface area contributed by atoms with Gasteiger partial charge in [0.25, 0.3) is 0 Å². The number of benzene rings is 2. The topological polar surface area (TPSA) is 54.1 Å². The fraction of sp³-hybridized carbons (Fsp3) is 0.481. The third-order valence-electron chi connectivity index (χ3n) is 6.96. The summed E-state index contributed by atoms with van der Waals surface area (Å²) in [5.74, 6) is -0.507. The van der Waals surface area contributed by atoms with Gasteiger partial charge in [0, 0.05) is 34.0 Å². The summed E-state index contributed by atoms with van der Waals surface area (Å²) >= 11 is 12.7. The number of rotatable bonds is 10. The van der Waals surface area contributed by atoms with Crippen molar-refractivity contribution < 1.29 is 26.3 Å². The zero-order chi connectivity index (χ0) is 28.5. The van der Waals surface area contributed by atoms with Crippen LogP contribution in [-0.4, -0.2) is 38.0 Å².